The summed E-state index contributed by atoms with van der Waals surface area (Å²) in [5, 5.41) is 45.1. The Labute approximate surface area is 353 Å². The molecule has 278 valence electrons. The van der Waals surface area contributed by atoms with Gasteiger partial charge < -0.3 is 29.5 Å². The molecule has 54 heavy (non-hydrogen) atoms. The van der Waals surface area contributed by atoms with Crippen LogP contribution in [-0.4, -0.2) is 83.4 Å². The van der Waals surface area contributed by atoms with E-state index in [0.29, 0.717) is 0 Å². The zero-order valence-electron chi connectivity index (χ0n) is 30.7. The van der Waals surface area contributed by atoms with Crippen LogP contribution >= 0.6 is 0 Å². The van der Waals surface area contributed by atoms with Gasteiger partial charge in [0.1, 0.15) is 11.5 Å². The molecule has 2 aromatic carbocycles. The third kappa shape index (κ3) is 8.83. The van der Waals surface area contributed by atoms with Gasteiger partial charge in [0.05, 0.1) is 50.4 Å². The maximum Gasteiger partial charge on any atom is 1.00 e. The Morgan fingerprint density at radius 1 is 0.556 bits per heavy atom. The van der Waals surface area contributed by atoms with Gasteiger partial charge in [-0.1, -0.05) is 27.7 Å². The number of nitrogens with zero attached hydrogens (tertiary/aromatic N) is 2. The zero-order chi connectivity index (χ0) is 39.4. The molecule has 0 bridgehead atoms. The zero-order valence-corrected chi connectivity index (χ0v) is 36.4. The number of phenolic OH excluding ortho intramolecular Hbond substituents is 4. The Morgan fingerprint density at radius 3 is 1.50 bits per heavy atom. The minimum atomic E-state index is -4.73. The fraction of sp³-hybridized carbons (Fsp3) is 0.353. The maximum atomic E-state index is 14.6. The number of aliphatic imine (C=N–C) groups is 2. The van der Waals surface area contributed by atoms with Gasteiger partial charge in [0.15, 0.2) is 22.4 Å². The van der Waals surface area contributed by atoms with Gasteiger partial charge in [0, 0.05) is 73.3 Å². The number of hydrogen-bond acceptors (Lipinski definition) is 16. The maximum absolute atomic E-state index is 14.6. The number of benzene rings is 4. The minimum absolute atomic E-state index is 0. The van der Waals surface area contributed by atoms with E-state index in [1.807, 2.05) is 0 Å². The monoisotopic (exact) mass is 804 g/mol. The van der Waals surface area contributed by atoms with Crippen LogP contribution in [0.4, 0.5) is 0 Å². The number of phenols is 4. The Morgan fingerprint density at radius 2 is 1.04 bits per heavy atom. The Bertz CT molecular complexity index is 2630. The molecule has 4 N–H and O–H groups in total. The summed E-state index contributed by atoms with van der Waals surface area (Å²) in [6, 6.07) is 0. The molecule has 0 saturated carbocycles. The van der Waals surface area contributed by atoms with Crippen molar-refractivity contribution in [3.63, 3.8) is 0 Å². The molecule has 0 unspecified atom stereocenters. The van der Waals surface area contributed by atoms with Gasteiger partial charge >= 0.3 is 59.1 Å². The fourth-order valence-corrected chi connectivity index (χ4v) is 6.94. The quantitative estimate of drug-likeness (QED) is 0.0278. The first-order valence-corrected chi connectivity index (χ1v) is 18.8. The van der Waals surface area contributed by atoms with Crippen LogP contribution in [0.5, 0.6) is 23.0 Å². The van der Waals surface area contributed by atoms with E-state index >= 15 is 0 Å². The van der Waals surface area contributed by atoms with Crippen molar-refractivity contribution in [1.82, 2.24) is 0 Å². The van der Waals surface area contributed by atoms with E-state index in [9.17, 15) is 65.5 Å². The van der Waals surface area contributed by atoms with Crippen molar-refractivity contribution in [2.45, 2.75) is 53.4 Å². The third-order valence-corrected chi connectivity index (χ3v) is 10.00. The predicted octanol–water partition coefficient (Wildman–Crippen LogP) is -4.45. The van der Waals surface area contributed by atoms with Crippen LogP contribution in [0.3, 0.4) is 0 Å². The van der Waals surface area contributed by atoms with Gasteiger partial charge in [-0.15, -0.1) is 0 Å². The topological polar surface area (TPSA) is 288 Å². The van der Waals surface area contributed by atoms with Gasteiger partial charge in [0.25, 0.3) is 0 Å². The third-order valence-electron chi connectivity index (χ3n) is 8.63. The van der Waals surface area contributed by atoms with Gasteiger partial charge in [-0.3, -0.25) is 29.2 Å². The van der Waals surface area contributed by atoms with E-state index in [2.05, 4.69) is 9.98 Å². The number of hydrogen-bond donors (Lipinski definition) is 4. The van der Waals surface area contributed by atoms with E-state index in [4.69, 9.17) is 0 Å². The summed E-state index contributed by atoms with van der Waals surface area (Å²) >= 11 is 0. The molecule has 2 aliphatic carbocycles. The summed E-state index contributed by atoms with van der Waals surface area (Å²) in [7, 11) is -9.44. The molecule has 16 nitrogen and oxygen atoms in total. The molecule has 0 saturated heterocycles. The SMILES string of the molecule is Cc1c(-c2c(C)c(=O)c3c(C(C)C)c(=O)c(=O)c(C=NCCS(=O)(=O)[O-])c-3c2=O)c(O)c2c(C=NCCS(=O)(=O)[O-])c(O)c(O)c(C(C)C)c2c1O.[Na+].[Na+]. The Hall–Kier alpha value is -3.04. The molecule has 0 heterocycles. The standard InChI is InChI=1S/C34H36N2O14S2.2Na/c1-13(2)19-25-23(17(29(39)33(19)43)11-35-7-9-51(45,46)47)31(41)21(15(5)27(25)37)22-16(6)28(38)26-20(14(3)4)34(44)30(40)18(24(26)32(22)42)12-36-8-10-52(48,49)50;;/h11-14,37,39,41,43H,7-10H2,1-6H3,(H,45,46,47)(H,48,49,50);;/q;2*+1/p-2. The number of rotatable bonds is 11. The molecule has 0 atom stereocenters. The normalized spacial score (nSPS) is 12.4. The van der Waals surface area contributed by atoms with Crippen LogP contribution in [0, 0.1) is 13.8 Å². The summed E-state index contributed by atoms with van der Waals surface area (Å²) in [6.45, 7) is 7.46. The van der Waals surface area contributed by atoms with Gasteiger partial charge in [-0.05, 0) is 25.7 Å². The van der Waals surface area contributed by atoms with Crippen LogP contribution in [-0.2, 0) is 20.2 Å². The molecular formula is C34H34N2Na2O14S2. The van der Waals surface area contributed by atoms with Gasteiger partial charge in [0.2, 0.25) is 10.9 Å². The van der Waals surface area contributed by atoms with E-state index in [0.717, 1.165) is 12.4 Å². The largest absolute Gasteiger partial charge is 1.00 e. The first-order valence-electron chi connectivity index (χ1n) is 15.7. The summed E-state index contributed by atoms with van der Waals surface area (Å²) in [6.07, 6.45) is 1.57. The summed E-state index contributed by atoms with van der Waals surface area (Å²) in [4.78, 5) is 63.0. The van der Waals surface area contributed by atoms with Crippen LogP contribution in [0.25, 0.3) is 33.0 Å². The molecular weight excluding hydrogens is 770 g/mol. The summed E-state index contributed by atoms with van der Waals surface area (Å²) in [5.74, 6) is -6.30. The molecule has 20 heteroatoms. The number of fused-ring (bicyclic) bond motifs is 2. The van der Waals surface area contributed by atoms with Crippen LogP contribution < -0.4 is 80.8 Å². The van der Waals surface area contributed by atoms with E-state index in [-0.39, 0.29) is 92.1 Å². The molecule has 2 aromatic rings. The van der Waals surface area contributed by atoms with Crippen LogP contribution in [0.1, 0.15) is 72.9 Å². The van der Waals surface area contributed by atoms with Gasteiger partial charge in [-0.2, -0.15) is 0 Å². The van der Waals surface area contributed by atoms with Crippen molar-refractivity contribution in [2.24, 2.45) is 9.98 Å². The average Bonchev–Trinajstić information content (AvgIpc) is 3.02. The first-order chi connectivity index (χ1) is 23.9. The van der Waals surface area contributed by atoms with Crippen LogP contribution in [0.15, 0.2) is 29.2 Å². The molecule has 2 aliphatic rings. The second-order valence-corrected chi connectivity index (χ2v) is 15.8. The van der Waals surface area contributed by atoms with Crippen molar-refractivity contribution in [2.75, 3.05) is 24.6 Å². The molecule has 0 aliphatic heterocycles. The average molecular weight is 805 g/mol. The van der Waals surface area contributed by atoms with Crippen molar-refractivity contribution in [1.29, 1.82) is 0 Å². The summed E-state index contributed by atoms with van der Waals surface area (Å²) in [5.41, 5.74) is -8.32. The predicted molar refractivity (Wildman–Crippen MR) is 192 cm³/mol. The van der Waals surface area contributed by atoms with Crippen molar-refractivity contribution < 1.29 is 105 Å². The first kappa shape index (κ1) is 47.1. The second-order valence-electron chi connectivity index (χ2n) is 12.8. The summed E-state index contributed by atoms with van der Waals surface area (Å²) < 4.78 is 66.7. The Balaban J connectivity index is 0.00000504. The van der Waals surface area contributed by atoms with Crippen molar-refractivity contribution >= 4 is 43.4 Å². The molecule has 0 spiro atoms. The van der Waals surface area contributed by atoms with Crippen LogP contribution in [0.2, 0.25) is 0 Å². The molecule has 4 rings (SSSR count). The van der Waals surface area contributed by atoms with Gasteiger partial charge in [-0.25, -0.2) is 16.8 Å². The van der Waals surface area contributed by atoms with E-state index < -0.39 is 135 Å². The van der Waals surface area contributed by atoms with Crippen molar-refractivity contribution in [3.05, 3.63) is 74.3 Å². The fourth-order valence-electron chi connectivity index (χ4n) is 6.28. The number of aromatic hydroxyl groups is 4. The van der Waals surface area contributed by atoms with E-state index in [1.54, 1.807) is 13.8 Å². The second kappa shape index (κ2) is 17.4. The smallest absolute Gasteiger partial charge is 0.748 e. The van der Waals surface area contributed by atoms with Crippen molar-refractivity contribution in [3.8, 4) is 45.3 Å². The molecule has 0 aromatic heterocycles. The Kier molecular flexibility index (Phi) is 15.2. The molecule has 0 radical (unpaired) electrons. The minimum Gasteiger partial charge on any atom is -0.748 e. The van der Waals surface area contributed by atoms with E-state index in [1.165, 1.54) is 27.7 Å². The molecule has 0 amide bonds. The molecule has 0 fully saturated rings.